The van der Waals surface area contributed by atoms with Crippen LogP contribution in [0.3, 0.4) is 0 Å². The van der Waals surface area contributed by atoms with Crippen molar-refractivity contribution in [3.63, 3.8) is 0 Å². The molecule has 3 aliphatic heterocycles. The average Bonchev–Trinajstić information content (AvgIpc) is 3.28. The molecule has 5 rings (SSSR count). The maximum absolute atomic E-state index is 11.0. The summed E-state index contributed by atoms with van der Waals surface area (Å²) in [5.74, 6) is 3.07. The van der Waals surface area contributed by atoms with E-state index in [4.69, 9.17) is 18.9 Å². The number of benzene rings is 2. The molecule has 0 spiro atoms. The van der Waals surface area contributed by atoms with Gasteiger partial charge in [-0.3, -0.25) is 0 Å². The molecule has 2 aromatic carbocycles. The zero-order chi connectivity index (χ0) is 17.7. The number of fused-ring (bicyclic) bond motifs is 5. The first-order valence-corrected chi connectivity index (χ1v) is 8.88. The van der Waals surface area contributed by atoms with E-state index in [9.17, 15) is 5.11 Å². The second-order valence-electron chi connectivity index (χ2n) is 7.05. The topological polar surface area (TPSA) is 60.4 Å². The van der Waals surface area contributed by atoms with E-state index in [0.29, 0.717) is 12.2 Å². The molecule has 26 heavy (non-hydrogen) atoms. The van der Waals surface area contributed by atoms with E-state index in [1.54, 1.807) is 0 Å². The van der Waals surface area contributed by atoms with E-state index in [1.165, 1.54) is 0 Å². The molecule has 0 aromatic heterocycles. The minimum Gasteiger partial charge on any atom is -0.454 e. The zero-order valence-electron chi connectivity index (χ0n) is 14.7. The molecule has 6 nitrogen and oxygen atoms in total. The standard InChI is InChI=1S/C20H21NO5/c1-21-5-4-13-7-18-19(25-10-24-18)8-14(13)16(22)6-12-2-3-17-20(15(12)9-21)26-11-23-17/h2-3,7-8,16,22H,4-6,9-11H2,1H3/t16-/m1/s1. The van der Waals surface area contributed by atoms with Gasteiger partial charge >= 0.3 is 0 Å². The smallest absolute Gasteiger partial charge is 0.231 e. The maximum atomic E-state index is 11.0. The summed E-state index contributed by atoms with van der Waals surface area (Å²) in [7, 11) is 2.10. The second kappa shape index (κ2) is 6.07. The summed E-state index contributed by atoms with van der Waals surface area (Å²) < 4.78 is 22.3. The molecular weight excluding hydrogens is 334 g/mol. The van der Waals surface area contributed by atoms with Crippen LogP contribution in [0.4, 0.5) is 0 Å². The summed E-state index contributed by atoms with van der Waals surface area (Å²) in [6.45, 7) is 2.11. The van der Waals surface area contributed by atoms with Crippen LogP contribution in [0.15, 0.2) is 24.3 Å². The molecule has 3 heterocycles. The molecule has 1 atom stereocenters. The molecule has 0 amide bonds. The first kappa shape index (κ1) is 15.8. The van der Waals surface area contributed by atoms with Gasteiger partial charge in [-0.1, -0.05) is 6.07 Å². The molecule has 0 saturated heterocycles. The molecule has 6 heteroatoms. The van der Waals surface area contributed by atoms with E-state index >= 15 is 0 Å². The Morgan fingerprint density at radius 2 is 1.73 bits per heavy atom. The van der Waals surface area contributed by atoms with Crippen molar-refractivity contribution in [1.29, 1.82) is 0 Å². The zero-order valence-corrected chi connectivity index (χ0v) is 14.7. The molecule has 136 valence electrons. The van der Waals surface area contributed by atoms with Crippen molar-refractivity contribution in [2.24, 2.45) is 0 Å². The van der Waals surface area contributed by atoms with Crippen molar-refractivity contribution in [3.05, 3.63) is 46.5 Å². The number of ether oxygens (including phenoxy) is 4. The quantitative estimate of drug-likeness (QED) is 0.783. The van der Waals surface area contributed by atoms with E-state index < -0.39 is 6.10 Å². The second-order valence-corrected chi connectivity index (χ2v) is 7.05. The first-order valence-electron chi connectivity index (χ1n) is 8.88. The number of aliphatic hydroxyl groups excluding tert-OH is 1. The highest BCUT2D eigenvalue weighted by atomic mass is 16.7. The van der Waals surface area contributed by atoms with Gasteiger partial charge in [0.05, 0.1) is 6.10 Å². The predicted molar refractivity (Wildman–Crippen MR) is 93.8 cm³/mol. The SMILES string of the molecule is CN1CCc2cc3c(cc2[C@H](O)Cc2ccc4c(c2C1)OCO4)OCO3. The third-order valence-electron chi connectivity index (χ3n) is 5.34. The Kier molecular flexibility index (Phi) is 3.69. The minimum absolute atomic E-state index is 0.237. The summed E-state index contributed by atoms with van der Waals surface area (Å²) in [6, 6.07) is 7.90. The fraction of sp³-hybridized carbons (Fsp3) is 0.400. The fourth-order valence-electron chi connectivity index (χ4n) is 3.94. The van der Waals surface area contributed by atoms with Gasteiger partial charge in [-0.05, 0) is 48.4 Å². The van der Waals surface area contributed by atoms with Gasteiger partial charge in [0.2, 0.25) is 13.6 Å². The highest BCUT2D eigenvalue weighted by Crippen LogP contribution is 2.42. The van der Waals surface area contributed by atoms with Crippen molar-refractivity contribution in [2.45, 2.75) is 25.5 Å². The Labute approximate surface area is 151 Å². The van der Waals surface area contributed by atoms with Gasteiger partial charge in [-0.15, -0.1) is 0 Å². The largest absolute Gasteiger partial charge is 0.454 e. The predicted octanol–water partition coefficient (Wildman–Crippen LogP) is 2.41. The van der Waals surface area contributed by atoms with Crippen molar-refractivity contribution in [3.8, 4) is 23.0 Å². The van der Waals surface area contributed by atoms with E-state index in [-0.39, 0.29) is 13.6 Å². The maximum Gasteiger partial charge on any atom is 0.231 e. The Hall–Kier alpha value is -2.44. The van der Waals surface area contributed by atoms with Crippen molar-refractivity contribution in [1.82, 2.24) is 4.90 Å². The lowest BCUT2D eigenvalue weighted by atomic mass is 9.91. The van der Waals surface area contributed by atoms with Crippen LogP contribution in [0, 0.1) is 0 Å². The van der Waals surface area contributed by atoms with Gasteiger partial charge in [0.25, 0.3) is 0 Å². The Morgan fingerprint density at radius 1 is 0.962 bits per heavy atom. The molecular formula is C20H21NO5. The van der Waals surface area contributed by atoms with Crippen LogP contribution in [-0.4, -0.2) is 37.2 Å². The fourth-order valence-corrected chi connectivity index (χ4v) is 3.94. The first-order chi connectivity index (χ1) is 12.7. The third kappa shape index (κ3) is 2.57. The van der Waals surface area contributed by atoms with Crippen LogP contribution in [0.2, 0.25) is 0 Å². The van der Waals surface area contributed by atoms with E-state index in [1.807, 2.05) is 24.3 Å². The molecule has 3 aliphatic rings. The lowest BCUT2D eigenvalue weighted by Crippen LogP contribution is -2.24. The van der Waals surface area contributed by atoms with Crippen LogP contribution in [0.1, 0.15) is 28.4 Å². The summed E-state index contributed by atoms with van der Waals surface area (Å²) >= 11 is 0. The Morgan fingerprint density at radius 3 is 2.62 bits per heavy atom. The monoisotopic (exact) mass is 355 g/mol. The molecule has 0 fully saturated rings. The number of likely N-dealkylation sites (N-methyl/N-ethyl adjacent to an activating group) is 1. The van der Waals surface area contributed by atoms with Crippen LogP contribution in [-0.2, 0) is 19.4 Å². The third-order valence-corrected chi connectivity index (χ3v) is 5.34. The summed E-state index contributed by atoms with van der Waals surface area (Å²) in [4.78, 5) is 2.27. The van der Waals surface area contributed by atoms with Crippen LogP contribution < -0.4 is 18.9 Å². The van der Waals surface area contributed by atoms with Crippen molar-refractivity contribution in [2.75, 3.05) is 27.2 Å². The highest BCUT2D eigenvalue weighted by molar-refractivity contribution is 5.54. The number of nitrogens with zero attached hydrogens (tertiary/aromatic N) is 1. The lowest BCUT2D eigenvalue weighted by Gasteiger charge is -2.25. The molecule has 2 aromatic rings. The van der Waals surface area contributed by atoms with Gasteiger partial charge in [0, 0.05) is 25.1 Å². The number of aliphatic hydroxyl groups is 1. The van der Waals surface area contributed by atoms with E-state index in [0.717, 1.165) is 59.0 Å². The molecule has 0 unspecified atom stereocenters. The minimum atomic E-state index is -0.609. The average molecular weight is 355 g/mol. The van der Waals surface area contributed by atoms with E-state index in [2.05, 4.69) is 11.9 Å². The van der Waals surface area contributed by atoms with Gasteiger partial charge < -0.3 is 29.0 Å². The lowest BCUT2D eigenvalue weighted by molar-refractivity contribution is 0.169. The number of hydrogen-bond acceptors (Lipinski definition) is 6. The summed E-state index contributed by atoms with van der Waals surface area (Å²) in [6.07, 6.45) is 0.746. The van der Waals surface area contributed by atoms with Crippen LogP contribution in [0.25, 0.3) is 0 Å². The van der Waals surface area contributed by atoms with Crippen molar-refractivity contribution >= 4 is 0 Å². The van der Waals surface area contributed by atoms with Gasteiger partial charge in [-0.25, -0.2) is 0 Å². The summed E-state index contributed by atoms with van der Waals surface area (Å²) in [5, 5.41) is 11.0. The molecule has 0 saturated carbocycles. The van der Waals surface area contributed by atoms with Crippen molar-refractivity contribution < 1.29 is 24.1 Å². The Balaban J connectivity index is 1.59. The number of rotatable bonds is 0. The molecule has 0 radical (unpaired) electrons. The normalized spacial score (nSPS) is 21.2. The van der Waals surface area contributed by atoms with Gasteiger partial charge in [-0.2, -0.15) is 0 Å². The van der Waals surface area contributed by atoms with Gasteiger partial charge in [0.1, 0.15) is 0 Å². The highest BCUT2D eigenvalue weighted by Gasteiger charge is 2.27. The molecule has 0 bridgehead atoms. The van der Waals surface area contributed by atoms with Crippen LogP contribution >= 0.6 is 0 Å². The van der Waals surface area contributed by atoms with Gasteiger partial charge in [0.15, 0.2) is 23.0 Å². The van der Waals surface area contributed by atoms with Crippen LogP contribution in [0.5, 0.6) is 23.0 Å². The molecule has 0 aliphatic carbocycles. The molecule has 1 N–H and O–H groups in total. The Bertz CT molecular complexity index is 866. The summed E-state index contributed by atoms with van der Waals surface area (Å²) in [5.41, 5.74) is 4.20. The number of hydrogen-bond donors (Lipinski definition) is 1.